The summed E-state index contributed by atoms with van der Waals surface area (Å²) in [6, 6.07) is 0.200. The largest absolute Gasteiger partial charge is 0.396 e. The molecule has 4 N–H and O–H groups in total. The van der Waals surface area contributed by atoms with Gasteiger partial charge in [-0.15, -0.1) is 24.8 Å². The Balaban J connectivity index is 0.00000121. The molecule has 1 unspecified atom stereocenters. The molecule has 0 aliphatic carbocycles. The second kappa shape index (κ2) is 7.77. The molecular weight excluding hydrogens is 329 g/mol. The number of hydrogen-bond donors (Lipinski definition) is 3. The quantitative estimate of drug-likeness (QED) is 0.713. The summed E-state index contributed by atoms with van der Waals surface area (Å²) in [6.07, 6.45) is 2.46. The molecule has 0 amide bonds. The fourth-order valence-electron chi connectivity index (χ4n) is 2.69. The van der Waals surface area contributed by atoms with Crippen molar-refractivity contribution >= 4 is 47.6 Å². The van der Waals surface area contributed by atoms with E-state index >= 15 is 0 Å². The van der Waals surface area contributed by atoms with Crippen LogP contribution >= 0.6 is 24.8 Å². The van der Waals surface area contributed by atoms with E-state index in [1.807, 2.05) is 7.05 Å². The molecule has 0 saturated carbocycles. The van der Waals surface area contributed by atoms with Crippen LogP contribution in [-0.2, 0) is 7.05 Å². The van der Waals surface area contributed by atoms with Crippen LogP contribution in [0.5, 0.6) is 0 Å². The number of nitrogens with one attached hydrogen (secondary N) is 1. The van der Waals surface area contributed by atoms with Crippen LogP contribution in [0.4, 0.5) is 11.8 Å². The summed E-state index contributed by atoms with van der Waals surface area (Å²) >= 11 is 0. The van der Waals surface area contributed by atoms with Gasteiger partial charge in [0.25, 0.3) is 0 Å². The van der Waals surface area contributed by atoms with Gasteiger partial charge in [-0.3, -0.25) is 4.68 Å². The zero-order valence-electron chi connectivity index (χ0n) is 12.3. The lowest BCUT2D eigenvalue weighted by Gasteiger charge is -2.37. The van der Waals surface area contributed by atoms with Crippen molar-refractivity contribution in [1.82, 2.24) is 25.1 Å². The molecule has 1 fully saturated rings. The Morgan fingerprint density at radius 2 is 2.18 bits per heavy atom. The van der Waals surface area contributed by atoms with E-state index in [0.29, 0.717) is 6.42 Å². The summed E-state index contributed by atoms with van der Waals surface area (Å²) in [6.45, 7) is 2.69. The molecule has 0 bridgehead atoms. The van der Waals surface area contributed by atoms with E-state index in [2.05, 4.69) is 25.3 Å². The molecule has 124 valence electrons. The highest BCUT2D eigenvalue weighted by atomic mass is 35.5. The molecule has 10 heteroatoms. The molecule has 1 aliphatic heterocycles. The number of fused-ring (bicyclic) bond motifs is 1. The van der Waals surface area contributed by atoms with Gasteiger partial charge < -0.3 is 21.1 Å². The van der Waals surface area contributed by atoms with E-state index < -0.39 is 0 Å². The van der Waals surface area contributed by atoms with Gasteiger partial charge in [0.05, 0.1) is 11.6 Å². The minimum absolute atomic E-state index is 0. The molecule has 1 atom stereocenters. The van der Waals surface area contributed by atoms with Crippen molar-refractivity contribution < 1.29 is 5.11 Å². The number of piperazine rings is 1. The zero-order chi connectivity index (χ0) is 14.1. The molecule has 2 aromatic rings. The Morgan fingerprint density at radius 3 is 2.91 bits per heavy atom. The average Bonchev–Trinajstić information content (AvgIpc) is 2.81. The maximum atomic E-state index is 9.23. The molecule has 3 heterocycles. The maximum absolute atomic E-state index is 9.23. The third-order valence-corrected chi connectivity index (χ3v) is 3.67. The standard InChI is InChI=1S/C12H19N7O.2ClH/c1-18-10-9(7-15-18)11(17-12(13)16-10)19-4-3-14-6-8(19)2-5-20;;/h7-8,14,20H,2-6H2,1H3,(H2,13,16,17);2*1H. The van der Waals surface area contributed by atoms with Crippen LogP contribution in [0.15, 0.2) is 6.20 Å². The smallest absolute Gasteiger partial charge is 0.224 e. The number of aliphatic hydroxyl groups excluding tert-OH is 1. The Kier molecular flexibility index (Phi) is 6.61. The highest BCUT2D eigenvalue weighted by molar-refractivity contribution is 5.88. The number of halogens is 2. The van der Waals surface area contributed by atoms with Crippen LogP contribution in [0.3, 0.4) is 0 Å². The van der Waals surface area contributed by atoms with Gasteiger partial charge in [-0.2, -0.15) is 15.1 Å². The van der Waals surface area contributed by atoms with Gasteiger partial charge in [-0.05, 0) is 6.42 Å². The second-order valence-corrected chi connectivity index (χ2v) is 4.97. The van der Waals surface area contributed by atoms with Crippen molar-refractivity contribution in [2.75, 3.05) is 36.9 Å². The number of aliphatic hydroxyl groups is 1. The number of hydrogen-bond acceptors (Lipinski definition) is 7. The Hall–Kier alpha value is -1.35. The molecule has 1 saturated heterocycles. The maximum Gasteiger partial charge on any atom is 0.224 e. The number of rotatable bonds is 3. The first kappa shape index (κ1) is 18.7. The van der Waals surface area contributed by atoms with Gasteiger partial charge >= 0.3 is 0 Å². The number of aryl methyl sites for hydroxylation is 1. The summed E-state index contributed by atoms with van der Waals surface area (Å²) in [5.74, 6) is 1.05. The summed E-state index contributed by atoms with van der Waals surface area (Å²) in [7, 11) is 1.83. The molecule has 1 aliphatic rings. The minimum Gasteiger partial charge on any atom is -0.396 e. The first-order valence-corrected chi connectivity index (χ1v) is 6.74. The second-order valence-electron chi connectivity index (χ2n) is 4.97. The van der Waals surface area contributed by atoms with Crippen LogP contribution < -0.4 is 16.0 Å². The average molecular weight is 350 g/mol. The number of aromatic nitrogens is 4. The molecule has 3 rings (SSSR count). The van der Waals surface area contributed by atoms with E-state index in [1.54, 1.807) is 10.9 Å². The van der Waals surface area contributed by atoms with Crippen molar-refractivity contribution in [3.63, 3.8) is 0 Å². The highest BCUT2D eigenvalue weighted by Crippen LogP contribution is 2.27. The van der Waals surface area contributed by atoms with Crippen LogP contribution in [0.2, 0.25) is 0 Å². The lowest BCUT2D eigenvalue weighted by Crippen LogP contribution is -2.52. The fourth-order valence-corrected chi connectivity index (χ4v) is 2.69. The van der Waals surface area contributed by atoms with Crippen molar-refractivity contribution in [2.24, 2.45) is 7.05 Å². The lowest BCUT2D eigenvalue weighted by molar-refractivity contribution is 0.265. The topological polar surface area (TPSA) is 105 Å². The fraction of sp³-hybridized carbons (Fsp3) is 0.583. The normalized spacial score (nSPS) is 17.9. The molecule has 2 aromatic heterocycles. The SMILES string of the molecule is Cl.Cl.Cn1ncc2c(N3CCNCC3CCO)nc(N)nc21. The van der Waals surface area contributed by atoms with Crippen molar-refractivity contribution in [2.45, 2.75) is 12.5 Å². The minimum atomic E-state index is 0. The number of nitrogens with zero attached hydrogens (tertiary/aromatic N) is 5. The van der Waals surface area contributed by atoms with E-state index in [0.717, 1.165) is 36.5 Å². The molecular formula is C12H21Cl2N7O. The summed E-state index contributed by atoms with van der Waals surface area (Å²) in [5, 5.41) is 17.7. The van der Waals surface area contributed by atoms with E-state index in [1.165, 1.54) is 0 Å². The van der Waals surface area contributed by atoms with Gasteiger partial charge in [-0.25, -0.2) is 0 Å². The first-order valence-electron chi connectivity index (χ1n) is 6.74. The van der Waals surface area contributed by atoms with Gasteiger partial charge in [0.15, 0.2) is 5.65 Å². The number of nitrogens with two attached hydrogens (primary N) is 1. The summed E-state index contributed by atoms with van der Waals surface area (Å²) in [4.78, 5) is 10.8. The predicted molar refractivity (Wildman–Crippen MR) is 90.9 cm³/mol. The molecule has 0 spiro atoms. The van der Waals surface area contributed by atoms with Crippen molar-refractivity contribution in [3.8, 4) is 0 Å². The zero-order valence-corrected chi connectivity index (χ0v) is 13.9. The Bertz CT molecular complexity index is 619. The molecule has 8 nitrogen and oxygen atoms in total. The van der Waals surface area contributed by atoms with Gasteiger partial charge in [0, 0.05) is 39.3 Å². The number of anilines is 2. The molecule has 0 radical (unpaired) electrons. The Labute approximate surface area is 140 Å². The first-order chi connectivity index (χ1) is 9.70. The van der Waals surface area contributed by atoms with E-state index in [9.17, 15) is 5.11 Å². The Morgan fingerprint density at radius 1 is 1.41 bits per heavy atom. The molecule has 22 heavy (non-hydrogen) atoms. The van der Waals surface area contributed by atoms with Crippen LogP contribution in [0.1, 0.15) is 6.42 Å². The van der Waals surface area contributed by atoms with E-state index in [4.69, 9.17) is 5.73 Å². The third-order valence-electron chi connectivity index (χ3n) is 3.67. The summed E-state index contributed by atoms with van der Waals surface area (Å²) in [5.41, 5.74) is 6.55. The predicted octanol–water partition coefficient (Wildman–Crippen LogP) is -0.0503. The monoisotopic (exact) mass is 349 g/mol. The van der Waals surface area contributed by atoms with E-state index in [-0.39, 0.29) is 43.4 Å². The lowest BCUT2D eigenvalue weighted by atomic mass is 10.1. The van der Waals surface area contributed by atoms with Crippen molar-refractivity contribution in [1.29, 1.82) is 0 Å². The summed E-state index contributed by atoms with van der Waals surface area (Å²) < 4.78 is 1.69. The van der Waals surface area contributed by atoms with Gasteiger partial charge in [0.2, 0.25) is 5.95 Å². The highest BCUT2D eigenvalue weighted by Gasteiger charge is 2.25. The third kappa shape index (κ3) is 3.35. The van der Waals surface area contributed by atoms with Crippen LogP contribution in [0, 0.1) is 0 Å². The van der Waals surface area contributed by atoms with Crippen LogP contribution in [0.25, 0.3) is 11.0 Å². The van der Waals surface area contributed by atoms with Gasteiger partial charge in [0.1, 0.15) is 5.82 Å². The number of nitrogen functional groups attached to an aromatic ring is 1. The van der Waals surface area contributed by atoms with Crippen LogP contribution in [-0.4, -0.2) is 57.1 Å². The van der Waals surface area contributed by atoms with Gasteiger partial charge in [-0.1, -0.05) is 0 Å². The molecule has 0 aromatic carbocycles. The van der Waals surface area contributed by atoms with Crippen molar-refractivity contribution in [3.05, 3.63) is 6.20 Å².